The van der Waals surface area contributed by atoms with Crippen LogP contribution in [0.3, 0.4) is 0 Å². The van der Waals surface area contributed by atoms with Gasteiger partial charge in [-0.25, -0.2) is 4.79 Å². The van der Waals surface area contributed by atoms with Crippen LogP contribution in [0.15, 0.2) is 0 Å². The van der Waals surface area contributed by atoms with Gasteiger partial charge in [0, 0.05) is 0 Å². The lowest BCUT2D eigenvalue weighted by Crippen LogP contribution is -2.46. The summed E-state index contributed by atoms with van der Waals surface area (Å²) in [5.41, 5.74) is 0. The summed E-state index contributed by atoms with van der Waals surface area (Å²) in [5.74, 6) is -2.13. The fourth-order valence-electron chi connectivity index (χ4n) is 1.40. The van der Waals surface area contributed by atoms with Gasteiger partial charge in [-0.05, 0) is 0 Å². The molecule has 0 radical (unpaired) electrons. The minimum atomic E-state index is -1.36. The Hall–Kier alpha value is -1.77. The summed E-state index contributed by atoms with van der Waals surface area (Å²) in [6.45, 7) is -0.212. The maximum atomic E-state index is 11.6. The zero-order valence-corrected chi connectivity index (χ0v) is 11.1. The highest BCUT2D eigenvalue weighted by Crippen LogP contribution is 2.13. The number of hydrogen-bond donors (Lipinski definition) is 2. The van der Waals surface area contributed by atoms with Crippen molar-refractivity contribution in [3.8, 4) is 0 Å². The van der Waals surface area contributed by atoms with Gasteiger partial charge in [-0.1, -0.05) is 0 Å². The normalized spacial score (nSPS) is 16.1. The van der Waals surface area contributed by atoms with Crippen molar-refractivity contribution in [3.63, 3.8) is 0 Å². The molecule has 19 heavy (non-hydrogen) atoms. The molecule has 0 aromatic heterocycles. The van der Waals surface area contributed by atoms with Gasteiger partial charge < -0.3 is 20.1 Å². The molecule has 9 heteroatoms. The molecule has 1 fully saturated rings. The number of nitrogens with one attached hydrogen (secondary N) is 1. The number of methoxy groups -OCH3 is 1. The lowest BCUT2D eigenvalue weighted by Gasteiger charge is -2.17. The third-order valence-corrected chi connectivity index (χ3v) is 3.34. The minimum absolute atomic E-state index is 0.167. The Bertz CT molecular complexity index is 399. The molecule has 1 rings (SSSR count). The highest BCUT2D eigenvalue weighted by Gasteiger charge is 2.27. The number of nitrogens with zero attached hydrogens (tertiary/aromatic N) is 1. The molecule has 1 heterocycles. The zero-order chi connectivity index (χ0) is 14.4. The molecule has 8 nitrogen and oxygen atoms in total. The molecular formula is C10H14N2O6S. The number of carbonyl (C=O) groups is 4. The second-order valence-electron chi connectivity index (χ2n) is 3.81. The van der Waals surface area contributed by atoms with Gasteiger partial charge >= 0.3 is 11.9 Å². The Morgan fingerprint density at radius 2 is 2.21 bits per heavy atom. The van der Waals surface area contributed by atoms with E-state index in [2.05, 4.69) is 10.1 Å². The Morgan fingerprint density at radius 3 is 2.68 bits per heavy atom. The number of hydrogen-bond acceptors (Lipinski definition) is 6. The van der Waals surface area contributed by atoms with E-state index in [9.17, 15) is 19.2 Å². The number of carbonyl (C=O) groups excluding carboxylic acids is 3. The highest BCUT2D eigenvalue weighted by atomic mass is 32.2. The second-order valence-corrected chi connectivity index (χ2v) is 4.76. The predicted molar refractivity (Wildman–Crippen MR) is 65.2 cm³/mol. The lowest BCUT2D eigenvalue weighted by atomic mass is 10.2. The number of amides is 2. The van der Waals surface area contributed by atoms with Crippen LogP contribution in [0, 0.1) is 0 Å². The molecule has 1 aliphatic heterocycles. The van der Waals surface area contributed by atoms with Crippen molar-refractivity contribution in [2.45, 2.75) is 12.5 Å². The number of esters is 1. The average molecular weight is 290 g/mol. The van der Waals surface area contributed by atoms with E-state index in [0.29, 0.717) is 11.6 Å². The van der Waals surface area contributed by atoms with Crippen molar-refractivity contribution in [2.75, 3.05) is 25.3 Å². The minimum Gasteiger partial charge on any atom is -0.480 e. The van der Waals surface area contributed by atoms with Crippen molar-refractivity contribution < 1.29 is 29.0 Å². The molecule has 1 atom stereocenters. The van der Waals surface area contributed by atoms with Gasteiger partial charge in [-0.2, -0.15) is 0 Å². The number of rotatable bonds is 6. The van der Waals surface area contributed by atoms with Gasteiger partial charge in [0.2, 0.25) is 11.8 Å². The molecule has 0 saturated carbocycles. The van der Waals surface area contributed by atoms with Crippen LogP contribution in [-0.2, 0) is 23.9 Å². The topological polar surface area (TPSA) is 113 Å². The van der Waals surface area contributed by atoms with Crippen LogP contribution in [0.4, 0.5) is 0 Å². The van der Waals surface area contributed by atoms with E-state index < -0.39 is 30.3 Å². The summed E-state index contributed by atoms with van der Waals surface area (Å²) in [4.78, 5) is 46.1. The molecule has 0 unspecified atom stereocenters. The molecule has 0 aliphatic carbocycles. The quantitative estimate of drug-likeness (QED) is 0.581. The molecule has 0 spiro atoms. The molecule has 1 aliphatic rings. The average Bonchev–Trinajstić information content (AvgIpc) is 2.73. The van der Waals surface area contributed by atoms with Gasteiger partial charge in [0.1, 0.15) is 12.6 Å². The van der Waals surface area contributed by atoms with Crippen molar-refractivity contribution in [1.82, 2.24) is 10.2 Å². The second kappa shape index (κ2) is 6.98. The number of carboxylic acids is 1. The molecular weight excluding hydrogens is 276 g/mol. The largest absolute Gasteiger partial charge is 0.480 e. The third-order valence-electron chi connectivity index (χ3n) is 2.39. The van der Waals surface area contributed by atoms with Crippen molar-refractivity contribution in [2.24, 2.45) is 0 Å². The molecule has 0 aromatic carbocycles. The summed E-state index contributed by atoms with van der Waals surface area (Å²) < 4.78 is 4.34. The van der Waals surface area contributed by atoms with Crippen LogP contribution < -0.4 is 5.32 Å². The fourth-order valence-corrected chi connectivity index (χ4v) is 2.31. The lowest BCUT2D eigenvalue weighted by molar-refractivity contribution is -0.149. The van der Waals surface area contributed by atoms with Crippen molar-refractivity contribution in [3.05, 3.63) is 0 Å². The van der Waals surface area contributed by atoms with Gasteiger partial charge in [0.25, 0.3) is 0 Å². The van der Waals surface area contributed by atoms with Gasteiger partial charge in [-0.15, -0.1) is 11.8 Å². The number of ether oxygens (including phenoxy) is 1. The van der Waals surface area contributed by atoms with E-state index in [1.54, 1.807) is 0 Å². The van der Waals surface area contributed by atoms with E-state index >= 15 is 0 Å². The first-order valence-electron chi connectivity index (χ1n) is 5.38. The van der Waals surface area contributed by atoms with E-state index in [4.69, 9.17) is 5.11 Å². The van der Waals surface area contributed by atoms with Gasteiger partial charge in [0.15, 0.2) is 0 Å². The smallest absolute Gasteiger partial charge is 0.326 e. The maximum absolute atomic E-state index is 11.6. The fraction of sp³-hybridized carbons (Fsp3) is 0.600. The standard InChI is InChI=1S/C10H14N2O6S/c1-18-9(15)2-6(10(16)17)11-7(13)3-12-5-19-4-8(12)14/h6H,2-5H2,1H3,(H,11,13)(H,16,17)/t6-/m0/s1. The first-order valence-corrected chi connectivity index (χ1v) is 6.54. The third kappa shape index (κ3) is 4.78. The Kier molecular flexibility index (Phi) is 5.61. The highest BCUT2D eigenvalue weighted by molar-refractivity contribution is 8.00. The van der Waals surface area contributed by atoms with Crippen molar-refractivity contribution >= 4 is 35.5 Å². The van der Waals surface area contributed by atoms with Crippen LogP contribution in [0.2, 0.25) is 0 Å². The number of aliphatic carboxylic acids is 1. The Balaban J connectivity index is 2.49. The Labute approximate surface area is 113 Å². The monoisotopic (exact) mass is 290 g/mol. The van der Waals surface area contributed by atoms with Crippen molar-refractivity contribution in [1.29, 1.82) is 0 Å². The van der Waals surface area contributed by atoms with E-state index in [0.717, 1.165) is 7.11 Å². The molecule has 0 aromatic rings. The number of thioether (sulfide) groups is 1. The Morgan fingerprint density at radius 1 is 1.53 bits per heavy atom. The molecule has 2 amide bonds. The SMILES string of the molecule is COC(=O)C[C@H](NC(=O)CN1CSCC1=O)C(=O)O. The maximum Gasteiger partial charge on any atom is 0.326 e. The molecule has 2 N–H and O–H groups in total. The van der Waals surface area contributed by atoms with Crippen LogP contribution >= 0.6 is 11.8 Å². The first kappa shape index (κ1) is 15.3. The summed E-state index contributed by atoms with van der Waals surface area (Å²) in [5, 5.41) is 11.1. The molecule has 106 valence electrons. The summed E-state index contributed by atoms with van der Waals surface area (Å²) >= 11 is 1.38. The van der Waals surface area contributed by atoms with Crippen LogP contribution in [0.5, 0.6) is 0 Å². The summed E-state index contributed by atoms with van der Waals surface area (Å²) in [6, 6.07) is -1.36. The van der Waals surface area contributed by atoms with Crippen LogP contribution in [-0.4, -0.2) is 65.1 Å². The first-order chi connectivity index (χ1) is 8.93. The number of carboxylic acid groups (broad SMARTS) is 1. The van der Waals surface area contributed by atoms with Gasteiger partial charge in [0.05, 0.1) is 25.2 Å². The van der Waals surface area contributed by atoms with E-state index in [1.165, 1.54) is 16.7 Å². The van der Waals surface area contributed by atoms with Crippen LogP contribution in [0.25, 0.3) is 0 Å². The molecule has 0 bridgehead atoms. The van der Waals surface area contributed by atoms with E-state index in [1.807, 2.05) is 0 Å². The summed E-state index contributed by atoms with van der Waals surface area (Å²) in [6.07, 6.45) is -0.458. The zero-order valence-electron chi connectivity index (χ0n) is 10.2. The van der Waals surface area contributed by atoms with E-state index in [-0.39, 0.29) is 12.5 Å². The van der Waals surface area contributed by atoms with Crippen LogP contribution in [0.1, 0.15) is 6.42 Å². The predicted octanol–water partition coefficient (Wildman–Crippen LogP) is -1.35. The molecule has 1 saturated heterocycles. The summed E-state index contributed by atoms with van der Waals surface area (Å²) in [7, 11) is 1.13. The van der Waals surface area contributed by atoms with Gasteiger partial charge in [-0.3, -0.25) is 14.4 Å².